The Balaban J connectivity index is 1.72. The zero-order valence-corrected chi connectivity index (χ0v) is 10.4. The van der Waals surface area contributed by atoms with Gasteiger partial charge in [0.05, 0.1) is 0 Å². The normalized spacial score (nSPS) is 21.0. The van der Waals surface area contributed by atoms with Gasteiger partial charge in [-0.2, -0.15) is 0 Å². The second kappa shape index (κ2) is 4.34. The molecule has 1 N–H and O–H groups in total. The predicted octanol–water partition coefficient (Wildman–Crippen LogP) is 3.12. The lowest BCUT2D eigenvalue weighted by Crippen LogP contribution is -2.28. The van der Waals surface area contributed by atoms with E-state index in [9.17, 15) is 4.79 Å². The molecule has 1 aromatic rings. The summed E-state index contributed by atoms with van der Waals surface area (Å²) >= 11 is 6.21. The SMILES string of the molecule is O=C(NC1CC1)C(Cl)c1cccc(C2CC2)c1. The number of alkyl halides is 1. The van der Waals surface area contributed by atoms with Crippen molar-refractivity contribution in [2.45, 2.75) is 43.0 Å². The molecular weight excluding hydrogens is 234 g/mol. The van der Waals surface area contributed by atoms with E-state index in [2.05, 4.69) is 17.4 Å². The van der Waals surface area contributed by atoms with Crippen molar-refractivity contribution in [3.63, 3.8) is 0 Å². The van der Waals surface area contributed by atoms with Crippen LogP contribution in [0, 0.1) is 0 Å². The Morgan fingerprint density at radius 3 is 2.71 bits per heavy atom. The van der Waals surface area contributed by atoms with Gasteiger partial charge in [-0.3, -0.25) is 4.79 Å². The van der Waals surface area contributed by atoms with Gasteiger partial charge in [0.15, 0.2) is 0 Å². The van der Waals surface area contributed by atoms with Crippen molar-refractivity contribution in [3.8, 4) is 0 Å². The quantitative estimate of drug-likeness (QED) is 0.817. The third-order valence-electron chi connectivity index (χ3n) is 3.41. The van der Waals surface area contributed by atoms with Crippen molar-refractivity contribution < 1.29 is 4.79 Å². The fourth-order valence-corrected chi connectivity index (χ4v) is 2.24. The second-order valence-corrected chi connectivity index (χ2v) is 5.53. The average molecular weight is 250 g/mol. The van der Waals surface area contributed by atoms with E-state index in [1.807, 2.05) is 12.1 Å². The first-order valence-electron chi connectivity index (χ1n) is 6.28. The molecule has 0 aromatic heterocycles. The Morgan fingerprint density at radius 2 is 2.06 bits per heavy atom. The van der Waals surface area contributed by atoms with Gasteiger partial charge in [0.25, 0.3) is 0 Å². The highest BCUT2D eigenvalue weighted by Gasteiger charge is 2.28. The van der Waals surface area contributed by atoms with E-state index < -0.39 is 5.38 Å². The molecule has 1 amide bonds. The molecular formula is C14H16ClNO. The van der Waals surface area contributed by atoms with Crippen molar-refractivity contribution in [2.24, 2.45) is 0 Å². The van der Waals surface area contributed by atoms with Crippen LogP contribution in [0.1, 0.15) is 48.1 Å². The first-order valence-corrected chi connectivity index (χ1v) is 6.72. The van der Waals surface area contributed by atoms with Crippen LogP contribution in [0.3, 0.4) is 0 Å². The van der Waals surface area contributed by atoms with Crippen LogP contribution in [0.15, 0.2) is 24.3 Å². The average Bonchev–Trinajstić information content (AvgIpc) is 3.20. The van der Waals surface area contributed by atoms with Gasteiger partial charge in [0, 0.05) is 6.04 Å². The molecule has 2 aliphatic rings. The molecule has 0 heterocycles. The van der Waals surface area contributed by atoms with E-state index in [-0.39, 0.29) is 5.91 Å². The van der Waals surface area contributed by atoms with Gasteiger partial charge >= 0.3 is 0 Å². The number of amides is 1. The summed E-state index contributed by atoms with van der Waals surface area (Å²) in [4.78, 5) is 11.8. The van der Waals surface area contributed by atoms with E-state index in [4.69, 9.17) is 11.6 Å². The van der Waals surface area contributed by atoms with Crippen LogP contribution in [-0.4, -0.2) is 11.9 Å². The van der Waals surface area contributed by atoms with Crippen LogP contribution < -0.4 is 5.32 Å². The standard InChI is InChI=1S/C14H16ClNO/c15-13(14(17)16-12-6-7-12)11-3-1-2-10(8-11)9-4-5-9/h1-3,8-9,12-13H,4-7H2,(H,16,17). The van der Waals surface area contributed by atoms with Crippen LogP contribution in [-0.2, 0) is 4.79 Å². The summed E-state index contributed by atoms with van der Waals surface area (Å²) < 4.78 is 0. The molecule has 0 bridgehead atoms. The molecule has 1 atom stereocenters. The number of halogens is 1. The molecule has 17 heavy (non-hydrogen) atoms. The number of hydrogen-bond donors (Lipinski definition) is 1. The van der Waals surface area contributed by atoms with Crippen LogP contribution in [0.2, 0.25) is 0 Å². The third kappa shape index (κ3) is 2.63. The van der Waals surface area contributed by atoms with Crippen molar-refractivity contribution in [1.82, 2.24) is 5.32 Å². The summed E-state index contributed by atoms with van der Waals surface area (Å²) in [5, 5.41) is 2.40. The minimum absolute atomic E-state index is 0.0536. The molecule has 0 aliphatic heterocycles. The van der Waals surface area contributed by atoms with Crippen molar-refractivity contribution in [2.75, 3.05) is 0 Å². The highest BCUT2D eigenvalue weighted by molar-refractivity contribution is 6.30. The van der Waals surface area contributed by atoms with Gasteiger partial charge in [-0.15, -0.1) is 11.6 Å². The van der Waals surface area contributed by atoms with E-state index in [0.29, 0.717) is 12.0 Å². The number of carbonyl (C=O) groups is 1. The molecule has 0 saturated heterocycles. The maximum Gasteiger partial charge on any atom is 0.242 e. The molecule has 90 valence electrons. The molecule has 0 spiro atoms. The van der Waals surface area contributed by atoms with Gasteiger partial charge in [0.1, 0.15) is 5.38 Å². The first-order chi connectivity index (χ1) is 8.24. The predicted molar refractivity (Wildman–Crippen MR) is 68.2 cm³/mol. The van der Waals surface area contributed by atoms with Crippen LogP contribution in [0.4, 0.5) is 0 Å². The minimum Gasteiger partial charge on any atom is -0.352 e. The van der Waals surface area contributed by atoms with Crippen LogP contribution in [0.25, 0.3) is 0 Å². The number of hydrogen-bond acceptors (Lipinski definition) is 1. The molecule has 2 nitrogen and oxygen atoms in total. The molecule has 2 saturated carbocycles. The lowest BCUT2D eigenvalue weighted by molar-refractivity contribution is -0.121. The number of benzene rings is 1. The highest BCUT2D eigenvalue weighted by Crippen LogP contribution is 2.41. The Labute approximate surface area is 106 Å². The summed E-state index contributed by atoms with van der Waals surface area (Å²) in [6.07, 6.45) is 4.73. The second-order valence-electron chi connectivity index (χ2n) is 5.09. The van der Waals surface area contributed by atoms with E-state index in [1.54, 1.807) is 0 Å². The molecule has 3 rings (SSSR count). The summed E-state index contributed by atoms with van der Waals surface area (Å²) in [7, 11) is 0. The first kappa shape index (κ1) is 11.1. The highest BCUT2D eigenvalue weighted by atomic mass is 35.5. The summed E-state index contributed by atoms with van der Waals surface area (Å²) in [6, 6.07) is 8.53. The molecule has 2 aliphatic carbocycles. The van der Waals surface area contributed by atoms with E-state index in [1.165, 1.54) is 18.4 Å². The minimum atomic E-state index is -0.547. The van der Waals surface area contributed by atoms with Gasteiger partial charge < -0.3 is 5.32 Å². The number of carbonyl (C=O) groups excluding carboxylic acids is 1. The van der Waals surface area contributed by atoms with Gasteiger partial charge in [-0.05, 0) is 42.7 Å². The lowest BCUT2D eigenvalue weighted by Gasteiger charge is -2.11. The topological polar surface area (TPSA) is 29.1 Å². The van der Waals surface area contributed by atoms with E-state index in [0.717, 1.165) is 18.4 Å². The van der Waals surface area contributed by atoms with Crippen molar-refractivity contribution in [1.29, 1.82) is 0 Å². The van der Waals surface area contributed by atoms with Crippen LogP contribution >= 0.6 is 11.6 Å². The fourth-order valence-electron chi connectivity index (χ4n) is 2.04. The smallest absolute Gasteiger partial charge is 0.242 e. The zero-order chi connectivity index (χ0) is 11.8. The lowest BCUT2D eigenvalue weighted by atomic mass is 10.0. The maximum atomic E-state index is 11.8. The van der Waals surface area contributed by atoms with Crippen LogP contribution in [0.5, 0.6) is 0 Å². The Kier molecular flexibility index (Phi) is 2.83. The maximum absolute atomic E-state index is 11.8. The summed E-state index contributed by atoms with van der Waals surface area (Å²) in [6.45, 7) is 0. The van der Waals surface area contributed by atoms with E-state index >= 15 is 0 Å². The molecule has 3 heteroatoms. The summed E-state index contributed by atoms with van der Waals surface area (Å²) in [5.74, 6) is 0.646. The molecule has 1 aromatic carbocycles. The number of nitrogens with one attached hydrogen (secondary N) is 1. The largest absolute Gasteiger partial charge is 0.352 e. The Bertz CT molecular complexity index is 438. The molecule has 0 radical (unpaired) electrons. The Hall–Kier alpha value is -1.02. The van der Waals surface area contributed by atoms with Crippen molar-refractivity contribution in [3.05, 3.63) is 35.4 Å². The fraction of sp³-hybridized carbons (Fsp3) is 0.500. The number of rotatable bonds is 4. The molecule has 2 fully saturated rings. The summed E-state index contributed by atoms with van der Waals surface area (Å²) in [5.41, 5.74) is 2.25. The monoisotopic (exact) mass is 249 g/mol. The van der Waals surface area contributed by atoms with Crippen molar-refractivity contribution >= 4 is 17.5 Å². The van der Waals surface area contributed by atoms with Gasteiger partial charge in [-0.1, -0.05) is 24.3 Å². The zero-order valence-electron chi connectivity index (χ0n) is 9.66. The van der Waals surface area contributed by atoms with Gasteiger partial charge in [0.2, 0.25) is 5.91 Å². The molecule has 1 unspecified atom stereocenters. The Morgan fingerprint density at radius 1 is 1.29 bits per heavy atom. The van der Waals surface area contributed by atoms with Gasteiger partial charge in [-0.25, -0.2) is 0 Å². The third-order valence-corrected chi connectivity index (χ3v) is 3.86.